The van der Waals surface area contributed by atoms with Crippen LogP contribution in [-0.2, 0) is 14.3 Å². The Hall–Kier alpha value is -1.20. The molecule has 4 aliphatic rings. The molecule has 4 rings (SSSR count). The van der Waals surface area contributed by atoms with Gasteiger partial charge in [-0.15, -0.1) is 0 Å². The zero-order chi connectivity index (χ0) is 19.8. The number of aliphatic hydroxyl groups is 2. The highest BCUT2D eigenvalue weighted by molar-refractivity contribution is 6.05. The number of Topliss-reactive ketones (excluding diaryl/α,β-unsaturated/α-hetero) is 1. The Morgan fingerprint density at radius 3 is 2.63 bits per heavy atom. The van der Waals surface area contributed by atoms with E-state index in [0.29, 0.717) is 18.4 Å². The van der Waals surface area contributed by atoms with Gasteiger partial charge in [0.15, 0.2) is 5.78 Å². The van der Waals surface area contributed by atoms with E-state index in [4.69, 9.17) is 4.74 Å². The highest BCUT2D eigenvalue weighted by Gasteiger charge is 2.73. The van der Waals surface area contributed by atoms with Gasteiger partial charge in [-0.3, -0.25) is 9.59 Å². The third-order valence-corrected chi connectivity index (χ3v) is 8.77. The van der Waals surface area contributed by atoms with E-state index >= 15 is 0 Å². The predicted molar refractivity (Wildman–Crippen MR) is 99.7 cm³/mol. The summed E-state index contributed by atoms with van der Waals surface area (Å²) in [7, 11) is 0. The summed E-state index contributed by atoms with van der Waals surface area (Å²) in [4.78, 5) is 25.3. The molecule has 0 radical (unpaired) electrons. The maximum absolute atomic E-state index is 13.4. The second-order valence-corrected chi connectivity index (χ2v) is 10.3. The maximum Gasteiger partial charge on any atom is 0.302 e. The molecule has 5 heteroatoms. The zero-order valence-electron chi connectivity index (χ0n) is 16.7. The number of hydrogen-bond donors (Lipinski definition) is 2. The van der Waals surface area contributed by atoms with E-state index in [-0.39, 0.29) is 47.4 Å². The maximum atomic E-state index is 13.4. The number of aliphatic hydroxyl groups excluding tert-OH is 1. The lowest BCUT2D eigenvalue weighted by atomic mass is 9.40. The normalized spacial score (nSPS) is 51.5. The van der Waals surface area contributed by atoms with Crippen LogP contribution in [0.4, 0.5) is 0 Å². The van der Waals surface area contributed by atoms with Crippen LogP contribution in [0.5, 0.6) is 0 Å². The molecule has 4 aliphatic carbocycles. The van der Waals surface area contributed by atoms with Gasteiger partial charge in [0, 0.05) is 36.9 Å². The first-order chi connectivity index (χ1) is 12.5. The monoisotopic (exact) mass is 376 g/mol. The fourth-order valence-corrected chi connectivity index (χ4v) is 7.87. The van der Waals surface area contributed by atoms with Gasteiger partial charge in [0.25, 0.3) is 0 Å². The second-order valence-electron chi connectivity index (χ2n) is 10.3. The first-order valence-electron chi connectivity index (χ1n) is 10.3. The summed E-state index contributed by atoms with van der Waals surface area (Å²) in [6, 6.07) is 0. The Bertz CT molecular complexity index is 715. The van der Waals surface area contributed by atoms with Crippen molar-refractivity contribution in [3.8, 4) is 0 Å². The summed E-state index contributed by atoms with van der Waals surface area (Å²) in [5, 5.41) is 21.3. The van der Waals surface area contributed by atoms with Crippen LogP contribution in [0.25, 0.3) is 0 Å². The van der Waals surface area contributed by atoms with Gasteiger partial charge in [-0.2, -0.15) is 0 Å². The van der Waals surface area contributed by atoms with Crippen molar-refractivity contribution in [2.45, 2.75) is 77.4 Å². The van der Waals surface area contributed by atoms with E-state index < -0.39 is 17.1 Å². The van der Waals surface area contributed by atoms with Crippen LogP contribution in [0, 0.1) is 28.1 Å². The lowest BCUT2D eigenvalue weighted by molar-refractivity contribution is -0.217. The lowest BCUT2D eigenvalue weighted by Crippen LogP contribution is -2.64. The van der Waals surface area contributed by atoms with Crippen LogP contribution in [0.15, 0.2) is 12.2 Å². The number of hydrogen-bond acceptors (Lipinski definition) is 5. The first-order valence-corrected chi connectivity index (χ1v) is 10.3. The van der Waals surface area contributed by atoms with Crippen molar-refractivity contribution >= 4 is 11.8 Å². The minimum atomic E-state index is -1.26. The van der Waals surface area contributed by atoms with Gasteiger partial charge in [-0.25, -0.2) is 0 Å². The fourth-order valence-electron chi connectivity index (χ4n) is 7.87. The number of ketones is 1. The van der Waals surface area contributed by atoms with Gasteiger partial charge in [-0.1, -0.05) is 26.8 Å². The van der Waals surface area contributed by atoms with Gasteiger partial charge >= 0.3 is 5.97 Å². The summed E-state index contributed by atoms with van der Waals surface area (Å²) in [5.74, 6) is -0.263. The summed E-state index contributed by atoms with van der Waals surface area (Å²) >= 11 is 0. The Kier molecular flexibility index (Phi) is 4.01. The molecular formula is C22H32O5. The number of carbonyl (C=O) groups is 2. The largest absolute Gasteiger partial charge is 0.462 e. The summed E-state index contributed by atoms with van der Waals surface area (Å²) < 4.78 is 5.76. The topological polar surface area (TPSA) is 83.8 Å². The van der Waals surface area contributed by atoms with Gasteiger partial charge in [-0.05, 0) is 48.9 Å². The van der Waals surface area contributed by atoms with E-state index in [0.717, 1.165) is 25.7 Å². The molecule has 0 aliphatic heterocycles. The number of carbonyl (C=O) groups excluding carboxylic acids is 2. The molecule has 0 aromatic carbocycles. The molecule has 0 amide bonds. The minimum Gasteiger partial charge on any atom is -0.462 e. The molecule has 2 bridgehead atoms. The third-order valence-electron chi connectivity index (χ3n) is 8.77. The van der Waals surface area contributed by atoms with E-state index in [9.17, 15) is 19.8 Å². The molecular weight excluding hydrogens is 344 g/mol. The smallest absolute Gasteiger partial charge is 0.302 e. The van der Waals surface area contributed by atoms with E-state index in [1.165, 1.54) is 6.92 Å². The van der Waals surface area contributed by atoms with E-state index in [2.05, 4.69) is 20.4 Å². The first kappa shape index (κ1) is 19.1. The average Bonchev–Trinajstić information content (AvgIpc) is 2.71. The van der Waals surface area contributed by atoms with Crippen molar-refractivity contribution in [3.05, 3.63) is 12.2 Å². The van der Waals surface area contributed by atoms with Crippen LogP contribution in [0.1, 0.15) is 65.7 Å². The molecule has 2 N–H and O–H groups in total. The molecule has 0 aromatic heterocycles. The minimum absolute atomic E-state index is 0.0272. The summed E-state index contributed by atoms with van der Waals surface area (Å²) in [5.41, 5.74) is -2.04. The van der Waals surface area contributed by atoms with Crippen LogP contribution >= 0.6 is 0 Å². The molecule has 150 valence electrons. The van der Waals surface area contributed by atoms with Crippen molar-refractivity contribution in [1.82, 2.24) is 0 Å². The van der Waals surface area contributed by atoms with Crippen molar-refractivity contribution in [3.63, 3.8) is 0 Å². The van der Waals surface area contributed by atoms with E-state index in [1.54, 1.807) is 0 Å². The van der Waals surface area contributed by atoms with Gasteiger partial charge in [0.05, 0.1) is 5.60 Å². The van der Waals surface area contributed by atoms with Crippen LogP contribution < -0.4 is 0 Å². The van der Waals surface area contributed by atoms with Crippen LogP contribution in [0.3, 0.4) is 0 Å². The Morgan fingerprint density at radius 2 is 2.00 bits per heavy atom. The summed E-state index contributed by atoms with van der Waals surface area (Å²) in [6.45, 7) is 9.85. The Balaban J connectivity index is 1.86. The van der Waals surface area contributed by atoms with Crippen LogP contribution in [-0.4, -0.2) is 40.3 Å². The molecule has 0 heterocycles. The Morgan fingerprint density at radius 1 is 1.30 bits per heavy atom. The lowest BCUT2D eigenvalue weighted by Gasteiger charge is -2.64. The van der Waals surface area contributed by atoms with Crippen molar-refractivity contribution in [1.29, 1.82) is 0 Å². The number of ether oxygens (including phenoxy) is 1. The van der Waals surface area contributed by atoms with E-state index in [1.807, 2.05) is 0 Å². The number of rotatable bonds is 2. The molecule has 7 atom stereocenters. The van der Waals surface area contributed by atoms with Gasteiger partial charge < -0.3 is 14.9 Å². The zero-order valence-corrected chi connectivity index (χ0v) is 16.7. The molecule has 27 heavy (non-hydrogen) atoms. The van der Waals surface area contributed by atoms with Crippen molar-refractivity contribution in [2.75, 3.05) is 6.61 Å². The van der Waals surface area contributed by atoms with Crippen molar-refractivity contribution < 1.29 is 24.5 Å². The van der Waals surface area contributed by atoms with Crippen LogP contribution in [0.2, 0.25) is 0 Å². The molecule has 5 nitrogen and oxygen atoms in total. The average molecular weight is 376 g/mol. The second kappa shape index (κ2) is 5.66. The highest BCUT2D eigenvalue weighted by Crippen LogP contribution is 2.72. The number of fused-ring (bicyclic) bond motifs is 3. The molecule has 4 saturated carbocycles. The quantitative estimate of drug-likeness (QED) is 0.572. The highest BCUT2D eigenvalue weighted by atomic mass is 16.5. The molecule has 3 unspecified atom stereocenters. The molecule has 0 aromatic rings. The predicted octanol–water partition coefficient (Wildman–Crippen LogP) is 2.78. The molecule has 0 saturated heterocycles. The SMILES string of the molecule is C=C1C(=O)[C@@]23CCC4[C@](C)(CO)CCC[C@@]4(C)C2C(OC(C)=O)C[C@]1(O)C3. The van der Waals surface area contributed by atoms with Crippen molar-refractivity contribution in [2.24, 2.45) is 28.1 Å². The van der Waals surface area contributed by atoms with Gasteiger partial charge in [0.1, 0.15) is 6.10 Å². The fraction of sp³-hybridized carbons (Fsp3) is 0.818. The molecule has 4 fully saturated rings. The third kappa shape index (κ3) is 2.30. The standard InChI is InChI=1S/C22H32O5/c1-13-18(25)21-9-6-16-19(3,12-23)7-5-8-20(16,4)17(21)15(27-14(2)24)10-22(13,26)11-21/h15-17,23,26H,1,5-12H2,2-4H3/t15?,16?,17?,19-,20+,21+,22-/m0/s1. The number of esters is 1. The molecule has 1 spiro atoms. The Labute approximate surface area is 161 Å². The van der Waals surface area contributed by atoms with Gasteiger partial charge in [0.2, 0.25) is 0 Å². The summed E-state index contributed by atoms with van der Waals surface area (Å²) in [6.07, 6.45) is 4.61.